The van der Waals surface area contributed by atoms with Gasteiger partial charge in [-0.05, 0) is 55.6 Å². The van der Waals surface area contributed by atoms with Gasteiger partial charge in [0, 0.05) is 12.5 Å². The van der Waals surface area contributed by atoms with Gasteiger partial charge < -0.3 is 4.74 Å². The highest BCUT2D eigenvalue weighted by Crippen LogP contribution is 2.22. The van der Waals surface area contributed by atoms with Crippen LogP contribution in [0.3, 0.4) is 0 Å². The maximum Gasteiger partial charge on any atom is 0.308 e. The lowest BCUT2D eigenvalue weighted by Crippen LogP contribution is -2.05. The lowest BCUT2D eigenvalue weighted by molar-refractivity contribution is -0.131. The van der Waals surface area contributed by atoms with Crippen molar-refractivity contribution in [2.45, 2.75) is 27.2 Å². The number of ether oxygens (including phenoxy) is 1. The molecule has 96 valence electrons. The van der Waals surface area contributed by atoms with E-state index in [1.165, 1.54) is 6.92 Å². The molecule has 4 heteroatoms. The van der Waals surface area contributed by atoms with E-state index >= 15 is 0 Å². The van der Waals surface area contributed by atoms with Crippen LogP contribution in [0.1, 0.15) is 36.7 Å². The van der Waals surface area contributed by atoms with Gasteiger partial charge in [0.05, 0.1) is 0 Å². The van der Waals surface area contributed by atoms with Crippen LogP contribution in [0.5, 0.6) is 5.75 Å². The summed E-state index contributed by atoms with van der Waals surface area (Å²) in [5.74, 6) is 0.0695. The van der Waals surface area contributed by atoms with E-state index in [1.54, 1.807) is 18.2 Å². The molecule has 1 rings (SSSR count). The van der Waals surface area contributed by atoms with Crippen LogP contribution in [-0.2, 0) is 11.2 Å². The average Bonchev–Trinajstić information content (AvgIpc) is 2.26. The summed E-state index contributed by atoms with van der Waals surface area (Å²) in [4.78, 5) is 22.1. The van der Waals surface area contributed by atoms with Crippen LogP contribution in [0.4, 0.5) is 0 Å². The number of hydrogen-bond donors (Lipinski definition) is 0. The summed E-state index contributed by atoms with van der Waals surface area (Å²) in [5.41, 5.74) is 2.30. The van der Waals surface area contributed by atoms with Crippen LogP contribution in [0, 0.1) is 0 Å². The summed E-state index contributed by atoms with van der Waals surface area (Å²) in [7, 11) is 0. The van der Waals surface area contributed by atoms with Crippen molar-refractivity contribution >= 4 is 22.8 Å². The fourth-order valence-corrected chi connectivity index (χ4v) is 1.55. The van der Waals surface area contributed by atoms with Crippen molar-refractivity contribution in [3.63, 3.8) is 0 Å². The largest absolute Gasteiger partial charge is 0.426 e. The maximum absolute atomic E-state index is 11.1. The van der Waals surface area contributed by atoms with E-state index in [2.05, 4.69) is 0 Å². The lowest BCUT2D eigenvalue weighted by atomic mass is 10.1. The van der Waals surface area contributed by atoms with E-state index in [-0.39, 0.29) is 0 Å². The van der Waals surface area contributed by atoms with E-state index in [0.717, 1.165) is 11.1 Å². The summed E-state index contributed by atoms with van der Waals surface area (Å²) < 4.78 is 5.09. The molecule has 0 radical (unpaired) electrons. The molecule has 0 atom stereocenters. The molecule has 0 unspecified atom stereocenters. The topological polar surface area (TPSA) is 43.4 Å². The number of carbonyl (C=O) groups is 2. The molecule has 0 saturated heterocycles. The first-order valence-corrected chi connectivity index (χ1v) is 5.92. The molecule has 3 nitrogen and oxygen atoms in total. The molecule has 0 heterocycles. The van der Waals surface area contributed by atoms with Crippen molar-refractivity contribution in [1.29, 1.82) is 0 Å². The maximum atomic E-state index is 11.1. The van der Waals surface area contributed by atoms with Crippen molar-refractivity contribution in [3.8, 4) is 5.75 Å². The molecule has 0 aliphatic carbocycles. The van der Waals surface area contributed by atoms with Gasteiger partial charge in [0.1, 0.15) is 5.75 Å². The Kier molecular flexibility index (Phi) is 5.10. The first-order chi connectivity index (χ1) is 8.40. The Hall–Kier alpha value is -1.61. The number of rotatable bonds is 4. The Morgan fingerprint density at radius 1 is 1.28 bits per heavy atom. The molecule has 1 aromatic rings. The van der Waals surface area contributed by atoms with Crippen molar-refractivity contribution in [2.24, 2.45) is 0 Å². The molecular formula is C14H15ClO3. The lowest BCUT2D eigenvalue weighted by Gasteiger charge is -2.08. The molecular weight excluding hydrogens is 252 g/mol. The highest BCUT2D eigenvalue weighted by Gasteiger charge is 2.09. The quantitative estimate of drug-likeness (QED) is 0.363. The second-order valence-electron chi connectivity index (χ2n) is 4.18. The first kappa shape index (κ1) is 14.5. The average molecular weight is 267 g/mol. The van der Waals surface area contributed by atoms with Gasteiger partial charge in [-0.3, -0.25) is 9.59 Å². The zero-order chi connectivity index (χ0) is 13.7. The third-order valence-corrected chi connectivity index (χ3v) is 2.49. The van der Waals surface area contributed by atoms with Gasteiger partial charge in [0.15, 0.2) is 0 Å². The Labute approximate surface area is 111 Å². The first-order valence-electron chi connectivity index (χ1n) is 5.54. The summed E-state index contributed by atoms with van der Waals surface area (Å²) >= 11 is 5.43. The van der Waals surface area contributed by atoms with Gasteiger partial charge in [-0.25, -0.2) is 0 Å². The van der Waals surface area contributed by atoms with E-state index in [0.29, 0.717) is 17.7 Å². The Morgan fingerprint density at radius 3 is 2.44 bits per heavy atom. The van der Waals surface area contributed by atoms with Crippen LogP contribution >= 0.6 is 11.6 Å². The molecule has 0 bridgehead atoms. The summed E-state index contributed by atoms with van der Waals surface area (Å²) in [6.07, 6.45) is 2.58. The van der Waals surface area contributed by atoms with Crippen LogP contribution in [-0.4, -0.2) is 11.2 Å². The standard InChI is InChI=1S/C14H15ClO3/c1-9(2)4-5-11-8-12(14(15)17)6-7-13(11)18-10(3)16/h4,6-8H,5H2,1-3H3. The highest BCUT2D eigenvalue weighted by atomic mass is 35.5. The Bertz CT molecular complexity index is 500. The minimum Gasteiger partial charge on any atom is -0.426 e. The zero-order valence-corrected chi connectivity index (χ0v) is 11.4. The molecule has 18 heavy (non-hydrogen) atoms. The minimum absolute atomic E-state index is 0.390. The number of carbonyl (C=O) groups excluding carboxylic acids is 2. The van der Waals surface area contributed by atoms with Gasteiger partial charge >= 0.3 is 5.97 Å². The third-order valence-electron chi connectivity index (χ3n) is 2.27. The normalized spacial score (nSPS) is 9.78. The number of benzene rings is 1. The summed E-state index contributed by atoms with van der Waals surface area (Å²) in [5, 5.41) is -0.525. The van der Waals surface area contributed by atoms with Gasteiger partial charge in [-0.1, -0.05) is 11.6 Å². The fourth-order valence-electron chi connectivity index (χ4n) is 1.43. The predicted octanol–water partition coefficient (Wildman–Crippen LogP) is 3.50. The number of hydrogen-bond acceptors (Lipinski definition) is 3. The second-order valence-corrected chi connectivity index (χ2v) is 4.52. The molecule has 0 aliphatic heterocycles. The van der Waals surface area contributed by atoms with E-state index in [4.69, 9.17) is 16.3 Å². The highest BCUT2D eigenvalue weighted by molar-refractivity contribution is 6.67. The second kappa shape index (κ2) is 6.36. The van der Waals surface area contributed by atoms with Crippen molar-refractivity contribution < 1.29 is 14.3 Å². The van der Waals surface area contributed by atoms with Crippen LogP contribution in [0.15, 0.2) is 29.8 Å². The molecule has 0 N–H and O–H groups in total. The van der Waals surface area contributed by atoms with Gasteiger partial charge in [0.25, 0.3) is 5.24 Å². The fraction of sp³-hybridized carbons (Fsp3) is 0.286. The Balaban J connectivity index is 3.13. The molecule has 0 fully saturated rings. The van der Waals surface area contributed by atoms with Gasteiger partial charge in [0.2, 0.25) is 0 Å². The monoisotopic (exact) mass is 266 g/mol. The smallest absolute Gasteiger partial charge is 0.308 e. The molecule has 0 spiro atoms. The number of halogens is 1. The van der Waals surface area contributed by atoms with Crippen LogP contribution in [0.2, 0.25) is 0 Å². The number of esters is 1. The van der Waals surface area contributed by atoms with Gasteiger partial charge in [-0.15, -0.1) is 0 Å². The van der Waals surface area contributed by atoms with Crippen LogP contribution in [0.25, 0.3) is 0 Å². The van der Waals surface area contributed by atoms with E-state index in [9.17, 15) is 9.59 Å². The van der Waals surface area contributed by atoms with Crippen molar-refractivity contribution in [2.75, 3.05) is 0 Å². The molecule has 0 aliphatic rings. The summed E-state index contributed by atoms with van der Waals surface area (Å²) in [6, 6.07) is 4.78. The number of allylic oxidation sites excluding steroid dienone is 2. The molecule has 0 aromatic heterocycles. The zero-order valence-electron chi connectivity index (χ0n) is 10.6. The predicted molar refractivity (Wildman–Crippen MR) is 71.1 cm³/mol. The Morgan fingerprint density at radius 2 is 1.94 bits per heavy atom. The van der Waals surface area contributed by atoms with Crippen molar-refractivity contribution in [3.05, 3.63) is 41.0 Å². The molecule has 1 aromatic carbocycles. The minimum atomic E-state index is -0.525. The van der Waals surface area contributed by atoms with Gasteiger partial charge in [-0.2, -0.15) is 0 Å². The van der Waals surface area contributed by atoms with Crippen molar-refractivity contribution in [1.82, 2.24) is 0 Å². The van der Waals surface area contributed by atoms with E-state index < -0.39 is 11.2 Å². The molecule has 0 saturated carbocycles. The molecule has 0 amide bonds. The third kappa shape index (κ3) is 4.34. The van der Waals surface area contributed by atoms with E-state index in [1.807, 2.05) is 19.9 Å². The SMILES string of the molecule is CC(=O)Oc1ccc(C(=O)Cl)cc1CC=C(C)C. The summed E-state index contributed by atoms with van der Waals surface area (Å²) in [6.45, 7) is 5.29. The van der Waals surface area contributed by atoms with Crippen LogP contribution < -0.4 is 4.74 Å².